The highest BCUT2D eigenvalue weighted by Gasteiger charge is 2.37. The number of nitrogens with one attached hydrogen (secondary N) is 1. The van der Waals surface area contributed by atoms with Crippen LogP contribution in [0.1, 0.15) is 36.9 Å². The molecule has 2 amide bonds. The molecule has 0 spiro atoms. The molecule has 4 aromatic rings. The van der Waals surface area contributed by atoms with E-state index in [0.717, 1.165) is 19.0 Å². The van der Waals surface area contributed by atoms with Crippen molar-refractivity contribution in [3.63, 3.8) is 0 Å². The highest BCUT2D eigenvalue weighted by atomic mass is 35.5. The van der Waals surface area contributed by atoms with E-state index in [1.807, 2.05) is 0 Å². The van der Waals surface area contributed by atoms with E-state index in [4.69, 9.17) is 11.5 Å². The number of anilines is 1. The van der Waals surface area contributed by atoms with E-state index in [9.17, 15) is 22.8 Å². The van der Waals surface area contributed by atoms with Gasteiger partial charge in [0, 0.05) is 35.3 Å². The first kappa shape index (κ1) is 32.6. The van der Waals surface area contributed by atoms with Crippen molar-refractivity contribution in [1.82, 2.24) is 25.6 Å². The Morgan fingerprint density at radius 3 is 2.20 bits per heavy atom. The Morgan fingerprint density at radius 2 is 1.64 bits per heavy atom. The number of primary amides is 1. The molecular weight excluding hydrogens is 597 g/mol. The first-order chi connectivity index (χ1) is 20.7. The molecule has 5 N–H and O–H groups in total. The number of rotatable bonds is 9. The summed E-state index contributed by atoms with van der Waals surface area (Å²) in [4.78, 5) is 32.0. The van der Waals surface area contributed by atoms with Gasteiger partial charge in [-0.25, -0.2) is 5.10 Å². The lowest BCUT2D eigenvalue weighted by Gasteiger charge is -2.35. The van der Waals surface area contributed by atoms with Crippen molar-refractivity contribution >= 4 is 29.9 Å². The van der Waals surface area contributed by atoms with Gasteiger partial charge in [0.1, 0.15) is 6.04 Å². The second kappa shape index (κ2) is 14.0. The summed E-state index contributed by atoms with van der Waals surface area (Å²) in [7, 11) is 0. The van der Waals surface area contributed by atoms with Gasteiger partial charge in [-0.2, -0.15) is 13.2 Å². The standard InChI is InChI=1S/C30H31F3N8O2.ClH/c31-30(32,33)26-24(2-1-15-36-26)20-7-3-18(4-8-20)16-25(27(35)42)41(29(43)22-9-5-19(17-34)6-10-22)23-13-11-21(12-14-23)28-37-39-40-38-28;/h1-4,7-8,11-15,19,22,25H,5-6,9-10,16-17,34H2,(H2,35,42)(H,37,38,39,40);1H/t19-,22-,25-;/m0./s1. The number of aromatic nitrogens is 5. The number of amides is 2. The van der Waals surface area contributed by atoms with Gasteiger partial charge in [-0.15, -0.1) is 17.5 Å². The molecule has 0 aliphatic heterocycles. The second-order valence-corrected chi connectivity index (χ2v) is 10.7. The lowest BCUT2D eigenvalue weighted by atomic mass is 9.81. The fraction of sp³-hybridized carbons (Fsp3) is 0.333. The third-order valence-electron chi connectivity index (χ3n) is 7.94. The molecule has 2 aromatic carbocycles. The van der Waals surface area contributed by atoms with Gasteiger partial charge in [-0.3, -0.25) is 19.5 Å². The monoisotopic (exact) mass is 628 g/mol. The topological polar surface area (TPSA) is 157 Å². The number of halogens is 4. The van der Waals surface area contributed by atoms with Crippen LogP contribution < -0.4 is 16.4 Å². The van der Waals surface area contributed by atoms with Crippen molar-refractivity contribution in [3.8, 4) is 22.5 Å². The van der Waals surface area contributed by atoms with Crippen LogP contribution in [0.2, 0.25) is 0 Å². The Hall–Kier alpha value is -4.36. The van der Waals surface area contributed by atoms with Crippen molar-refractivity contribution in [1.29, 1.82) is 0 Å². The maximum absolute atomic E-state index is 14.0. The number of hydrogen-bond acceptors (Lipinski definition) is 7. The second-order valence-electron chi connectivity index (χ2n) is 10.7. The van der Waals surface area contributed by atoms with E-state index < -0.39 is 23.8 Å². The Bertz CT molecular complexity index is 1540. The van der Waals surface area contributed by atoms with E-state index in [0.29, 0.717) is 53.5 Å². The summed E-state index contributed by atoms with van der Waals surface area (Å²) < 4.78 is 40.6. The van der Waals surface area contributed by atoms with Crippen LogP contribution in [-0.4, -0.2) is 50.0 Å². The van der Waals surface area contributed by atoms with Crippen molar-refractivity contribution in [2.45, 2.75) is 44.3 Å². The summed E-state index contributed by atoms with van der Waals surface area (Å²) >= 11 is 0. The van der Waals surface area contributed by atoms with Crippen LogP contribution in [0.15, 0.2) is 66.9 Å². The summed E-state index contributed by atoms with van der Waals surface area (Å²) in [5.74, 6) is -0.427. The van der Waals surface area contributed by atoms with E-state index in [1.54, 1.807) is 48.5 Å². The molecule has 0 bridgehead atoms. The maximum Gasteiger partial charge on any atom is 0.433 e. The lowest BCUT2D eigenvalue weighted by Crippen LogP contribution is -2.52. The predicted octanol–water partition coefficient (Wildman–Crippen LogP) is 4.56. The summed E-state index contributed by atoms with van der Waals surface area (Å²) in [6, 6.07) is 15.0. The molecule has 0 radical (unpaired) electrons. The van der Waals surface area contributed by atoms with Gasteiger partial charge < -0.3 is 11.5 Å². The largest absolute Gasteiger partial charge is 0.433 e. The van der Waals surface area contributed by atoms with Crippen molar-refractivity contribution in [3.05, 3.63) is 78.1 Å². The molecule has 1 saturated carbocycles. The molecule has 10 nitrogen and oxygen atoms in total. The minimum Gasteiger partial charge on any atom is -0.368 e. The average molecular weight is 629 g/mol. The molecule has 0 saturated heterocycles. The number of carbonyl (C=O) groups is 2. The lowest BCUT2D eigenvalue weighted by molar-refractivity contribution is -0.140. The molecule has 2 aromatic heterocycles. The molecule has 5 rings (SSSR count). The van der Waals surface area contributed by atoms with Crippen molar-refractivity contribution < 1.29 is 22.8 Å². The normalized spacial score (nSPS) is 17.4. The van der Waals surface area contributed by atoms with Crippen molar-refractivity contribution in [2.24, 2.45) is 23.3 Å². The van der Waals surface area contributed by atoms with Gasteiger partial charge in [0.05, 0.1) is 0 Å². The summed E-state index contributed by atoms with van der Waals surface area (Å²) in [6.07, 6.45) is -0.536. The summed E-state index contributed by atoms with van der Waals surface area (Å²) in [5.41, 5.74) is 12.8. The number of hydrogen-bond donors (Lipinski definition) is 3. The van der Waals surface area contributed by atoms with Crippen LogP contribution in [0.3, 0.4) is 0 Å². The van der Waals surface area contributed by atoms with Crippen LogP contribution >= 0.6 is 12.4 Å². The van der Waals surface area contributed by atoms with Crippen LogP contribution in [0.25, 0.3) is 22.5 Å². The molecule has 232 valence electrons. The minimum absolute atomic E-state index is 0. The first-order valence-electron chi connectivity index (χ1n) is 13.9. The third kappa shape index (κ3) is 7.22. The zero-order valence-corrected chi connectivity index (χ0v) is 24.4. The number of H-pyrrole nitrogens is 1. The van der Waals surface area contributed by atoms with Crippen LogP contribution in [0.4, 0.5) is 18.9 Å². The molecule has 44 heavy (non-hydrogen) atoms. The zero-order valence-electron chi connectivity index (χ0n) is 23.6. The Balaban J connectivity index is 0.00000442. The quantitative estimate of drug-likeness (QED) is 0.245. The van der Waals surface area contributed by atoms with Crippen molar-refractivity contribution in [2.75, 3.05) is 11.4 Å². The molecule has 1 atom stereocenters. The molecular formula is C30H32ClF3N8O2. The number of nitrogens with two attached hydrogens (primary N) is 2. The first-order valence-corrected chi connectivity index (χ1v) is 13.9. The smallest absolute Gasteiger partial charge is 0.368 e. The highest BCUT2D eigenvalue weighted by Crippen LogP contribution is 2.36. The molecule has 1 fully saturated rings. The molecule has 0 unspecified atom stereocenters. The maximum atomic E-state index is 14.0. The van der Waals surface area contributed by atoms with E-state index in [-0.39, 0.29) is 36.2 Å². The van der Waals surface area contributed by atoms with Gasteiger partial charge in [-0.1, -0.05) is 30.3 Å². The van der Waals surface area contributed by atoms with Gasteiger partial charge in [-0.05, 0) is 90.0 Å². The fourth-order valence-electron chi connectivity index (χ4n) is 5.59. The number of aromatic amines is 1. The number of alkyl halides is 3. The summed E-state index contributed by atoms with van der Waals surface area (Å²) in [5, 5.41) is 13.8. The zero-order chi connectivity index (χ0) is 30.6. The predicted molar refractivity (Wildman–Crippen MR) is 160 cm³/mol. The Labute approximate surface area is 257 Å². The van der Waals surface area contributed by atoms with E-state index in [1.165, 1.54) is 17.0 Å². The minimum atomic E-state index is -4.62. The van der Waals surface area contributed by atoms with E-state index >= 15 is 0 Å². The average Bonchev–Trinajstić information content (AvgIpc) is 3.56. The van der Waals surface area contributed by atoms with Crippen LogP contribution in [-0.2, 0) is 22.2 Å². The van der Waals surface area contributed by atoms with Gasteiger partial charge in [0.15, 0.2) is 11.5 Å². The van der Waals surface area contributed by atoms with Gasteiger partial charge >= 0.3 is 6.18 Å². The number of benzene rings is 2. The highest BCUT2D eigenvalue weighted by molar-refractivity contribution is 6.01. The van der Waals surface area contributed by atoms with Gasteiger partial charge in [0.2, 0.25) is 11.8 Å². The number of tetrazole rings is 1. The molecule has 14 heteroatoms. The molecule has 1 aliphatic carbocycles. The Morgan fingerprint density at radius 1 is 0.977 bits per heavy atom. The van der Waals surface area contributed by atoms with Crippen LogP contribution in [0.5, 0.6) is 0 Å². The Kier molecular flexibility index (Phi) is 10.3. The van der Waals surface area contributed by atoms with E-state index in [2.05, 4.69) is 25.6 Å². The fourth-order valence-corrected chi connectivity index (χ4v) is 5.59. The number of nitrogens with zero attached hydrogens (tertiary/aromatic N) is 5. The SMILES string of the molecule is Cl.NC[C@H]1CC[C@H](C(=O)N(c2ccc(-c3nnn[nH]3)cc2)[C@@H](Cc2ccc(-c3cccnc3C(F)(F)F)cc2)C(N)=O)CC1. The summed E-state index contributed by atoms with van der Waals surface area (Å²) in [6.45, 7) is 0.562. The van der Waals surface area contributed by atoms with Crippen LogP contribution in [0, 0.1) is 11.8 Å². The molecule has 2 heterocycles. The number of carbonyl (C=O) groups excluding carboxylic acids is 2. The number of pyridine rings is 1. The van der Waals surface area contributed by atoms with Gasteiger partial charge in [0.25, 0.3) is 0 Å². The molecule has 1 aliphatic rings. The third-order valence-corrected chi connectivity index (χ3v) is 7.94.